The zero-order valence-corrected chi connectivity index (χ0v) is 15.3. The Balaban J connectivity index is 1.24. The van der Waals surface area contributed by atoms with Gasteiger partial charge in [-0.15, -0.1) is 0 Å². The summed E-state index contributed by atoms with van der Waals surface area (Å²) in [7, 11) is 0. The van der Waals surface area contributed by atoms with E-state index in [1.807, 2.05) is 34.0 Å². The first kappa shape index (κ1) is 17.7. The van der Waals surface area contributed by atoms with Crippen molar-refractivity contribution in [3.05, 3.63) is 47.8 Å². The number of morpholine rings is 1. The summed E-state index contributed by atoms with van der Waals surface area (Å²) in [6.45, 7) is 2.51. The highest BCUT2D eigenvalue weighted by molar-refractivity contribution is 5.99. The van der Waals surface area contributed by atoms with E-state index in [2.05, 4.69) is 16.5 Å². The molecule has 1 fully saturated rings. The Hall–Kier alpha value is -2.67. The largest absolute Gasteiger partial charge is 0.373 e. The number of amides is 2. The van der Waals surface area contributed by atoms with Crippen LogP contribution >= 0.6 is 0 Å². The van der Waals surface area contributed by atoms with Crippen molar-refractivity contribution in [1.29, 1.82) is 0 Å². The van der Waals surface area contributed by atoms with Crippen LogP contribution in [0.15, 0.2) is 36.7 Å². The molecule has 0 spiro atoms. The zero-order chi connectivity index (χ0) is 18.6. The Kier molecular flexibility index (Phi) is 5.20. The Bertz CT molecular complexity index is 819. The molecule has 142 valence electrons. The molecule has 2 aliphatic heterocycles. The summed E-state index contributed by atoms with van der Waals surface area (Å²) in [5, 5.41) is 7.04. The first-order valence-electron chi connectivity index (χ1n) is 9.46. The van der Waals surface area contributed by atoms with E-state index in [9.17, 15) is 9.59 Å². The highest BCUT2D eigenvalue weighted by Gasteiger charge is 2.24. The molecule has 1 atom stereocenters. The zero-order valence-electron chi connectivity index (χ0n) is 15.3. The number of aromatic nitrogens is 2. The lowest BCUT2D eigenvalue weighted by Gasteiger charge is -2.33. The minimum absolute atomic E-state index is 0.00986. The molecule has 1 unspecified atom stereocenters. The summed E-state index contributed by atoms with van der Waals surface area (Å²) in [5.41, 5.74) is 3.14. The van der Waals surface area contributed by atoms with Gasteiger partial charge in [0.1, 0.15) is 0 Å². The fraction of sp³-hybridized carbons (Fsp3) is 0.450. The fourth-order valence-corrected chi connectivity index (χ4v) is 3.71. The van der Waals surface area contributed by atoms with Crippen molar-refractivity contribution < 1.29 is 14.3 Å². The van der Waals surface area contributed by atoms with E-state index in [1.165, 1.54) is 5.56 Å². The van der Waals surface area contributed by atoms with Gasteiger partial charge in [-0.2, -0.15) is 5.10 Å². The van der Waals surface area contributed by atoms with Crippen LogP contribution in [0.4, 0.5) is 5.69 Å². The van der Waals surface area contributed by atoms with E-state index >= 15 is 0 Å². The minimum Gasteiger partial charge on any atom is -0.373 e. The molecule has 2 aliphatic rings. The molecule has 0 radical (unpaired) electrons. The van der Waals surface area contributed by atoms with Crippen LogP contribution in [0.5, 0.6) is 0 Å². The number of benzene rings is 1. The number of carbonyl (C=O) groups is 2. The molecule has 7 nitrogen and oxygen atoms in total. The van der Waals surface area contributed by atoms with Crippen LogP contribution in [0.1, 0.15) is 24.0 Å². The van der Waals surface area contributed by atoms with Crippen molar-refractivity contribution in [2.75, 3.05) is 25.0 Å². The Morgan fingerprint density at radius 1 is 1.37 bits per heavy atom. The van der Waals surface area contributed by atoms with Gasteiger partial charge in [0.15, 0.2) is 0 Å². The highest BCUT2D eigenvalue weighted by Crippen LogP contribution is 2.24. The van der Waals surface area contributed by atoms with Gasteiger partial charge in [0, 0.05) is 37.6 Å². The summed E-state index contributed by atoms with van der Waals surface area (Å²) in [4.78, 5) is 25.9. The van der Waals surface area contributed by atoms with Gasteiger partial charge in [-0.3, -0.25) is 14.3 Å². The maximum Gasteiger partial charge on any atom is 0.228 e. The number of nitrogens with one attached hydrogen (secondary N) is 1. The van der Waals surface area contributed by atoms with Crippen molar-refractivity contribution in [3.63, 3.8) is 0 Å². The Labute approximate surface area is 158 Å². The number of anilines is 1. The number of aryl methyl sites for hydroxylation is 1. The number of ether oxygens (including phenoxy) is 1. The Morgan fingerprint density at radius 2 is 2.30 bits per heavy atom. The van der Waals surface area contributed by atoms with E-state index in [0.717, 1.165) is 24.1 Å². The van der Waals surface area contributed by atoms with Crippen LogP contribution in [-0.2, 0) is 33.7 Å². The van der Waals surface area contributed by atoms with E-state index in [-0.39, 0.29) is 17.9 Å². The summed E-state index contributed by atoms with van der Waals surface area (Å²) in [6.07, 6.45) is 6.27. The van der Waals surface area contributed by atoms with Crippen molar-refractivity contribution in [2.45, 2.75) is 38.3 Å². The van der Waals surface area contributed by atoms with Crippen LogP contribution in [-0.4, -0.2) is 52.3 Å². The van der Waals surface area contributed by atoms with E-state index in [4.69, 9.17) is 4.74 Å². The molecule has 4 rings (SSSR count). The van der Waals surface area contributed by atoms with Gasteiger partial charge in [0.25, 0.3) is 0 Å². The monoisotopic (exact) mass is 368 g/mol. The third-order valence-electron chi connectivity index (χ3n) is 5.09. The number of hydrogen-bond donors (Lipinski definition) is 1. The second-order valence-corrected chi connectivity index (χ2v) is 7.13. The van der Waals surface area contributed by atoms with Gasteiger partial charge in [-0.05, 0) is 36.1 Å². The SMILES string of the molecule is O=C1Cc2cc(CCCC(=O)N3CCOC(Cn4cccn4)C3)ccc2N1. The quantitative estimate of drug-likeness (QED) is 0.841. The van der Waals surface area contributed by atoms with Crippen LogP contribution in [0.2, 0.25) is 0 Å². The van der Waals surface area contributed by atoms with Crippen molar-refractivity contribution in [3.8, 4) is 0 Å². The van der Waals surface area contributed by atoms with E-state index in [0.29, 0.717) is 39.1 Å². The molecule has 27 heavy (non-hydrogen) atoms. The summed E-state index contributed by atoms with van der Waals surface area (Å²) < 4.78 is 7.61. The van der Waals surface area contributed by atoms with Crippen LogP contribution in [0.3, 0.4) is 0 Å². The third-order valence-corrected chi connectivity index (χ3v) is 5.09. The molecule has 1 N–H and O–H groups in total. The molecule has 0 saturated carbocycles. The first-order chi connectivity index (χ1) is 13.2. The summed E-state index contributed by atoms with van der Waals surface area (Å²) in [6, 6.07) is 7.95. The molecule has 0 aliphatic carbocycles. The second kappa shape index (κ2) is 7.92. The van der Waals surface area contributed by atoms with Gasteiger partial charge < -0.3 is 15.0 Å². The molecule has 2 amide bonds. The topological polar surface area (TPSA) is 76.5 Å². The number of nitrogens with zero attached hydrogens (tertiary/aromatic N) is 3. The second-order valence-electron chi connectivity index (χ2n) is 7.13. The van der Waals surface area contributed by atoms with Gasteiger partial charge in [-0.1, -0.05) is 12.1 Å². The first-order valence-corrected chi connectivity index (χ1v) is 9.46. The van der Waals surface area contributed by atoms with Gasteiger partial charge in [0.05, 0.1) is 25.7 Å². The average Bonchev–Trinajstić information content (AvgIpc) is 3.30. The average molecular weight is 368 g/mol. The van der Waals surface area contributed by atoms with Crippen molar-refractivity contribution in [1.82, 2.24) is 14.7 Å². The third kappa shape index (κ3) is 4.36. The minimum atomic E-state index is -0.00986. The van der Waals surface area contributed by atoms with Gasteiger partial charge >= 0.3 is 0 Å². The molecular formula is C20H24N4O3. The highest BCUT2D eigenvalue weighted by atomic mass is 16.5. The lowest BCUT2D eigenvalue weighted by atomic mass is 10.0. The predicted octanol–water partition coefficient (Wildman–Crippen LogP) is 1.63. The van der Waals surface area contributed by atoms with Crippen molar-refractivity contribution in [2.24, 2.45) is 0 Å². The predicted molar refractivity (Wildman–Crippen MR) is 100 cm³/mol. The maximum atomic E-state index is 12.6. The standard InChI is InChI=1S/C20H24N4O3/c25-19-12-16-11-15(5-6-18(16)22-19)3-1-4-20(26)23-9-10-27-17(13-23)14-24-8-2-7-21-24/h2,5-8,11,17H,1,3-4,9-10,12-14H2,(H,22,25). The summed E-state index contributed by atoms with van der Waals surface area (Å²) in [5.74, 6) is 0.232. The Morgan fingerprint density at radius 3 is 3.15 bits per heavy atom. The lowest BCUT2D eigenvalue weighted by Crippen LogP contribution is -2.47. The number of rotatable bonds is 6. The van der Waals surface area contributed by atoms with Crippen LogP contribution in [0, 0.1) is 0 Å². The molecule has 1 aromatic heterocycles. The molecule has 1 saturated heterocycles. The fourth-order valence-electron chi connectivity index (χ4n) is 3.71. The van der Waals surface area contributed by atoms with E-state index < -0.39 is 0 Å². The summed E-state index contributed by atoms with van der Waals surface area (Å²) >= 11 is 0. The lowest BCUT2D eigenvalue weighted by molar-refractivity contribution is -0.139. The number of fused-ring (bicyclic) bond motifs is 1. The molecule has 3 heterocycles. The van der Waals surface area contributed by atoms with Gasteiger partial charge in [-0.25, -0.2) is 0 Å². The molecule has 2 aromatic rings. The maximum absolute atomic E-state index is 12.6. The van der Waals surface area contributed by atoms with Gasteiger partial charge in [0.2, 0.25) is 11.8 Å². The number of hydrogen-bond acceptors (Lipinski definition) is 4. The van der Waals surface area contributed by atoms with Crippen LogP contribution < -0.4 is 5.32 Å². The molecule has 7 heteroatoms. The van der Waals surface area contributed by atoms with E-state index in [1.54, 1.807) is 6.20 Å². The van der Waals surface area contributed by atoms with Crippen LogP contribution in [0.25, 0.3) is 0 Å². The molecular weight excluding hydrogens is 344 g/mol. The van der Waals surface area contributed by atoms with Crippen molar-refractivity contribution >= 4 is 17.5 Å². The normalized spacial score (nSPS) is 19.0. The smallest absolute Gasteiger partial charge is 0.228 e. The molecule has 1 aromatic carbocycles. The molecule has 0 bridgehead atoms. The number of carbonyl (C=O) groups excluding carboxylic acids is 2.